The first-order chi connectivity index (χ1) is 10.2. The third kappa shape index (κ3) is 3.99. The Kier molecular flexibility index (Phi) is 5.66. The molecule has 112 valence electrons. The Labute approximate surface area is 132 Å². The van der Waals surface area contributed by atoms with Crippen LogP contribution in [0.15, 0.2) is 42.5 Å². The van der Waals surface area contributed by atoms with Gasteiger partial charge in [-0.2, -0.15) is 0 Å². The van der Waals surface area contributed by atoms with Gasteiger partial charge in [0, 0.05) is 5.02 Å². The molecule has 0 saturated heterocycles. The molecule has 0 radical (unpaired) electrons. The fraction of sp³-hybridized carbons (Fsp3) is 0.333. The van der Waals surface area contributed by atoms with Gasteiger partial charge in [0.05, 0.1) is 12.6 Å². The van der Waals surface area contributed by atoms with Crippen molar-refractivity contribution in [3.63, 3.8) is 0 Å². The zero-order chi connectivity index (χ0) is 15.2. The third-order valence-electron chi connectivity index (χ3n) is 3.50. The normalized spacial score (nSPS) is 12.2. The number of ether oxygens (including phenoxy) is 1. The second-order valence-electron chi connectivity index (χ2n) is 5.15. The molecule has 0 saturated carbocycles. The molecule has 2 aromatic rings. The average molecular weight is 304 g/mol. The molecule has 2 rings (SSSR count). The fourth-order valence-electron chi connectivity index (χ4n) is 2.29. The molecule has 0 aliphatic rings. The van der Waals surface area contributed by atoms with Crippen molar-refractivity contribution in [1.82, 2.24) is 5.32 Å². The maximum atomic E-state index is 6.24. The summed E-state index contributed by atoms with van der Waals surface area (Å²) >= 11 is 6.24. The van der Waals surface area contributed by atoms with Crippen LogP contribution in [0.4, 0.5) is 0 Å². The summed E-state index contributed by atoms with van der Waals surface area (Å²) < 4.78 is 5.62. The van der Waals surface area contributed by atoms with E-state index in [2.05, 4.69) is 36.5 Å². The van der Waals surface area contributed by atoms with Crippen LogP contribution in [0.25, 0.3) is 0 Å². The van der Waals surface area contributed by atoms with Crippen LogP contribution >= 0.6 is 11.6 Å². The van der Waals surface area contributed by atoms with E-state index in [0.717, 1.165) is 34.9 Å². The second kappa shape index (κ2) is 7.48. The first-order valence-corrected chi connectivity index (χ1v) is 7.69. The number of rotatable bonds is 6. The van der Waals surface area contributed by atoms with Gasteiger partial charge >= 0.3 is 0 Å². The molecule has 0 aromatic heterocycles. The van der Waals surface area contributed by atoms with Crippen LogP contribution in [0, 0.1) is 6.92 Å². The van der Waals surface area contributed by atoms with E-state index >= 15 is 0 Å². The van der Waals surface area contributed by atoms with Gasteiger partial charge in [-0.05, 0) is 55.3 Å². The van der Waals surface area contributed by atoms with Crippen LogP contribution in [0.3, 0.4) is 0 Å². The predicted octanol–water partition coefficient (Wildman–Crippen LogP) is 4.75. The van der Waals surface area contributed by atoms with Crippen LogP contribution in [-0.2, 0) is 0 Å². The number of benzene rings is 2. The van der Waals surface area contributed by atoms with Crippen molar-refractivity contribution < 1.29 is 4.74 Å². The zero-order valence-electron chi connectivity index (χ0n) is 12.8. The van der Waals surface area contributed by atoms with E-state index in [1.165, 1.54) is 5.56 Å². The largest absolute Gasteiger partial charge is 0.494 e. The Morgan fingerprint density at radius 2 is 1.76 bits per heavy atom. The van der Waals surface area contributed by atoms with E-state index < -0.39 is 0 Å². The van der Waals surface area contributed by atoms with Gasteiger partial charge < -0.3 is 10.1 Å². The standard InChI is InChI=1S/C18H22ClNO/c1-4-11-21-16-9-7-14(8-10-16)18(20-3)15-6-5-13(2)17(19)12-15/h5-10,12,18,20H,4,11H2,1-3H3. The number of hydrogen-bond donors (Lipinski definition) is 1. The number of nitrogens with one attached hydrogen (secondary N) is 1. The lowest BCUT2D eigenvalue weighted by Gasteiger charge is -2.18. The Balaban J connectivity index is 2.22. The van der Waals surface area contributed by atoms with Crippen LogP contribution in [-0.4, -0.2) is 13.7 Å². The quantitative estimate of drug-likeness (QED) is 0.832. The van der Waals surface area contributed by atoms with Gasteiger partial charge in [-0.1, -0.05) is 42.8 Å². The van der Waals surface area contributed by atoms with Gasteiger partial charge in [-0.15, -0.1) is 0 Å². The number of aryl methyl sites for hydroxylation is 1. The lowest BCUT2D eigenvalue weighted by atomic mass is 9.98. The van der Waals surface area contributed by atoms with Crippen molar-refractivity contribution in [3.8, 4) is 5.75 Å². The fourth-order valence-corrected chi connectivity index (χ4v) is 2.48. The Hall–Kier alpha value is -1.51. The van der Waals surface area contributed by atoms with E-state index in [-0.39, 0.29) is 6.04 Å². The smallest absolute Gasteiger partial charge is 0.119 e. The van der Waals surface area contributed by atoms with Crippen molar-refractivity contribution >= 4 is 11.6 Å². The van der Waals surface area contributed by atoms with Crippen molar-refractivity contribution in [2.75, 3.05) is 13.7 Å². The summed E-state index contributed by atoms with van der Waals surface area (Å²) in [6.07, 6.45) is 1.02. The minimum Gasteiger partial charge on any atom is -0.494 e. The summed E-state index contributed by atoms with van der Waals surface area (Å²) in [6, 6.07) is 14.6. The van der Waals surface area contributed by atoms with Crippen molar-refractivity contribution in [2.45, 2.75) is 26.3 Å². The lowest BCUT2D eigenvalue weighted by molar-refractivity contribution is 0.317. The monoisotopic (exact) mass is 303 g/mol. The summed E-state index contributed by atoms with van der Waals surface area (Å²) in [7, 11) is 1.96. The summed E-state index contributed by atoms with van der Waals surface area (Å²) in [5.74, 6) is 0.914. The average Bonchev–Trinajstić information content (AvgIpc) is 2.50. The first kappa shape index (κ1) is 15.9. The van der Waals surface area contributed by atoms with E-state index in [1.54, 1.807) is 0 Å². The van der Waals surface area contributed by atoms with Gasteiger partial charge in [-0.25, -0.2) is 0 Å². The van der Waals surface area contributed by atoms with Gasteiger partial charge in [0.2, 0.25) is 0 Å². The predicted molar refractivity (Wildman–Crippen MR) is 89.3 cm³/mol. The maximum Gasteiger partial charge on any atom is 0.119 e. The summed E-state index contributed by atoms with van der Waals surface area (Å²) in [5.41, 5.74) is 3.45. The lowest BCUT2D eigenvalue weighted by Crippen LogP contribution is -2.17. The minimum absolute atomic E-state index is 0.128. The molecule has 0 bridgehead atoms. The highest BCUT2D eigenvalue weighted by Crippen LogP contribution is 2.27. The van der Waals surface area contributed by atoms with Gasteiger partial charge in [0.25, 0.3) is 0 Å². The SMILES string of the molecule is CCCOc1ccc(C(NC)c2ccc(C)c(Cl)c2)cc1. The molecular weight excluding hydrogens is 282 g/mol. The Morgan fingerprint density at radius 3 is 2.33 bits per heavy atom. The van der Waals surface area contributed by atoms with Gasteiger partial charge in [-0.3, -0.25) is 0 Å². The molecular formula is C18H22ClNO. The van der Waals surface area contributed by atoms with E-state index in [4.69, 9.17) is 16.3 Å². The molecule has 0 heterocycles. The molecule has 2 nitrogen and oxygen atoms in total. The summed E-state index contributed by atoms with van der Waals surface area (Å²) in [5, 5.41) is 4.15. The van der Waals surface area contributed by atoms with Crippen LogP contribution in [0.5, 0.6) is 5.75 Å². The topological polar surface area (TPSA) is 21.3 Å². The molecule has 1 atom stereocenters. The Bertz CT molecular complexity index is 580. The molecule has 1 unspecified atom stereocenters. The van der Waals surface area contributed by atoms with E-state index in [0.29, 0.717) is 0 Å². The molecule has 0 spiro atoms. The summed E-state index contributed by atoms with van der Waals surface area (Å²) in [4.78, 5) is 0. The molecule has 0 amide bonds. The molecule has 0 aliphatic heterocycles. The maximum absolute atomic E-state index is 6.24. The highest BCUT2D eigenvalue weighted by atomic mass is 35.5. The third-order valence-corrected chi connectivity index (χ3v) is 3.91. The van der Waals surface area contributed by atoms with Gasteiger partial charge in [0.15, 0.2) is 0 Å². The number of hydrogen-bond acceptors (Lipinski definition) is 2. The van der Waals surface area contributed by atoms with E-state index in [1.807, 2.05) is 32.2 Å². The highest BCUT2D eigenvalue weighted by molar-refractivity contribution is 6.31. The molecule has 3 heteroatoms. The number of halogens is 1. The first-order valence-electron chi connectivity index (χ1n) is 7.31. The van der Waals surface area contributed by atoms with Crippen LogP contribution in [0.1, 0.15) is 36.1 Å². The van der Waals surface area contributed by atoms with Crippen LogP contribution in [0.2, 0.25) is 5.02 Å². The molecule has 2 aromatic carbocycles. The van der Waals surface area contributed by atoms with Gasteiger partial charge in [0.1, 0.15) is 5.75 Å². The molecule has 0 aliphatic carbocycles. The molecule has 1 N–H and O–H groups in total. The van der Waals surface area contributed by atoms with Crippen LogP contribution < -0.4 is 10.1 Å². The minimum atomic E-state index is 0.128. The Morgan fingerprint density at radius 1 is 1.10 bits per heavy atom. The van der Waals surface area contributed by atoms with Crippen molar-refractivity contribution in [1.29, 1.82) is 0 Å². The highest BCUT2D eigenvalue weighted by Gasteiger charge is 2.13. The summed E-state index contributed by atoms with van der Waals surface area (Å²) in [6.45, 7) is 4.87. The second-order valence-corrected chi connectivity index (χ2v) is 5.56. The van der Waals surface area contributed by atoms with Crippen molar-refractivity contribution in [3.05, 3.63) is 64.2 Å². The molecule has 21 heavy (non-hydrogen) atoms. The zero-order valence-corrected chi connectivity index (χ0v) is 13.6. The van der Waals surface area contributed by atoms with E-state index in [9.17, 15) is 0 Å². The molecule has 0 fully saturated rings. The van der Waals surface area contributed by atoms with Crippen molar-refractivity contribution in [2.24, 2.45) is 0 Å².